The molecule has 1 aliphatic heterocycles. The molecule has 0 unspecified atom stereocenters. The predicted molar refractivity (Wildman–Crippen MR) is 90.1 cm³/mol. The van der Waals surface area contributed by atoms with E-state index in [-0.39, 0.29) is 34.9 Å². The monoisotopic (exact) mass is 352 g/mol. The molecular weight excluding hydrogens is 340 g/mol. The van der Waals surface area contributed by atoms with Gasteiger partial charge in [-0.15, -0.1) is 0 Å². The number of benzene rings is 2. The zero-order valence-corrected chi connectivity index (χ0v) is 13.6. The number of Topliss-reactive ketones (excluding diaryl/α,β-unsaturated/α-hetero) is 1. The minimum Gasteiger partial charge on any atom is -0.497 e. The SMILES string of the molecule is COc1cccc(C(=O)/C(C#N)=C/c2cc3c(cc2[N+](=O)[O-])OCO3)c1. The fourth-order valence-corrected chi connectivity index (χ4v) is 2.44. The fourth-order valence-electron chi connectivity index (χ4n) is 2.44. The number of allylic oxidation sites excluding steroid dienone is 1. The quantitative estimate of drug-likeness (QED) is 0.267. The first-order chi connectivity index (χ1) is 12.5. The molecular formula is C18H12N2O6. The standard InChI is InChI=1S/C18H12N2O6/c1-24-14-4-2-3-11(6-14)18(21)13(9-19)5-12-7-16-17(26-10-25-16)8-15(12)20(22)23/h2-8H,10H2,1H3/b13-5+. The molecule has 0 spiro atoms. The second-order valence-corrected chi connectivity index (χ2v) is 5.25. The van der Waals surface area contributed by atoms with Crippen LogP contribution in [0.25, 0.3) is 6.08 Å². The number of hydrogen-bond acceptors (Lipinski definition) is 7. The van der Waals surface area contributed by atoms with Crippen molar-refractivity contribution in [3.8, 4) is 23.3 Å². The Labute approximate surface area is 148 Å². The largest absolute Gasteiger partial charge is 0.497 e. The van der Waals surface area contributed by atoms with Gasteiger partial charge in [-0.25, -0.2) is 0 Å². The topological polar surface area (TPSA) is 112 Å². The van der Waals surface area contributed by atoms with Gasteiger partial charge in [0.2, 0.25) is 12.6 Å². The summed E-state index contributed by atoms with van der Waals surface area (Å²) >= 11 is 0. The number of nitrogens with zero attached hydrogens (tertiary/aromatic N) is 2. The van der Waals surface area contributed by atoms with Crippen LogP contribution < -0.4 is 14.2 Å². The molecule has 1 heterocycles. The van der Waals surface area contributed by atoms with Gasteiger partial charge >= 0.3 is 0 Å². The molecule has 2 aromatic carbocycles. The Kier molecular flexibility index (Phi) is 4.53. The zero-order valence-electron chi connectivity index (χ0n) is 13.6. The third-order valence-corrected chi connectivity index (χ3v) is 3.72. The Morgan fingerprint density at radius 3 is 2.69 bits per heavy atom. The zero-order chi connectivity index (χ0) is 18.7. The summed E-state index contributed by atoms with van der Waals surface area (Å²) in [5, 5.41) is 20.7. The molecule has 0 aliphatic carbocycles. The van der Waals surface area contributed by atoms with Gasteiger partial charge in [0.05, 0.1) is 23.7 Å². The number of nitro benzene ring substituents is 1. The smallest absolute Gasteiger partial charge is 0.280 e. The molecule has 0 atom stereocenters. The van der Waals surface area contributed by atoms with Crippen LogP contribution >= 0.6 is 0 Å². The molecule has 2 aromatic rings. The van der Waals surface area contributed by atoms with Crippen molar-refractivity contribution in [2.75, 3.05) is 13.9 Å². The summed E-state index contributed by atoms with van der Waals surface area (Å²) in [6.07, 6.45) is 1.17. The van der Waals surface area contributed by atoms with Gasteiger partial charge in [-0.2, -0.15) is 5.26 Å². The normalized spacial score (nSPS) is 12.4. The Morgan fingerprint density at radius 2 is 2.04 bits per heavy atom. The van der Waals surface area contributed by atoms with Crippen molar-refractivity contribution in [3.63, 3.8) is 0 Å². The van der Waals surface area contributed by atoms with E-state index in [9.17, 15) is 20.2 Å². The molecule has 0 N–H and O–H groups in total. The van der Waals surface area contributed by atoms with Gasteiger partial charge in [0.25, 0.3) is 5.69 Å². The number of ketones is 1. The van der Waals surface area contributed by atoms with E-state index >= 15 is 0 Å². The van der Waals surface area contributed by atoms with Crippen molar-refractivity contribution >= 4 is 17.5 Å². The number of ether oxygens (including phenoxy) is 3. The van der Waals surface area contributed by atoms with E-state index in [1.54, 1.807) is 18.2 Å². The van der Waals surface area contributed by atoms with Gasteiger partial charge in [-0.05, 0) is 24.3 Å². The maximum Gasteiger partial charge on any atom is 0.280 e. The number of carbonyl (C=O) groups is 1. The van der Waals surface area contributed by atoms with Crippen LogP contribution in [0.5, 0.6) is 17.2 Å². The summed E-state index contributed by atoms with van der Waals surface area (Å²) in [5.74, 6) is 0.444. The summed E-state index contributed by atoms with van der Waals surface area (Å²) in [7, 11) is 1.46. The van der Waals surface area contributed by atoms with Gasteiger partial charge < -0.3 is 14.2 Å². The van der Waals surface area contributed by atoms with Crippen LogP contribution in [0.2, 0.25) is 0 Å². The number of nitriles is 1. The van der Waals surface area contributed by atoms with Gasteiger partial charge in [0, 0.05) is 5.56 Å². The average molecular weight is 352 g/mol. The lowest BCUT2D eigenvalue weighted by Crippen LogP contribution is -2.03. The molecule has 0 saturated carbocycles. The second-order valence-electron chi connectivity index (χ2n) is 5.25. The van der Waals surface area contributed by atoms with Crippen LogP contribution in [-0.2, 0) is 0 Å². The number of nitro groups is 1. The third kappa shape index (κ3) is 3.18. The highest BCUT2D eigenvalue weighted by atomic mass is 16.7. The van der Waals surface area contributed by atoms with Gasteiger partial charge in [-0.1, -0.05) is 12.1 Å². The average Bonchev–Trinajstić information content (AvgIpc) is 3.12. The number of methoxy groups -OCH3 is 1. The fraction of sp³-hybridized carbons (Fsp3) is 0.111. The number of rotatable bonds is 5. The molecule has 0 radical (unpaired) electrons. The van der Waals surface area contributed by atoms with Gasteiger partial charge in [0.15, 0.2) is 11.5 Å². The van der Waals surface area contributed by atoms with Crippen LogP contribution in [0, 0.1) is 21.4 Å². The molecule has 0 bridgehead atoms. The van der Waals surface area contributed by atoms with Crippen LogP contribution in [0.4, 0.5) is 5.69 Å². The second kappa shape index (κ2) is 6.94. The Hall–Kier alpha value is -3.86. The highest BCUT2D eigenvalue weighted by Gasteiger charge is 2.24. The molecule has 130 valence electrons. The summed E-state index contributed by atoms with van der Waals surface area (Å²) in [6, 6.07) is 10.7. The molecule has 8 heteroatoms. The number of carbonyl (C=O) groups excluding carboxylic acids is 1. The van der Waals surface area contributed by atoms with E-state index in [4.69, 9.17) is 14.2 Å². The van der Waals surface area contributed by atoms with Crippen molar-refractivity contribution in [1.29, 1.82) is 5.26 Å². The lowest BCUT2D eigenvalue weighted by molar-refractivity contribution is -0.385. The summed E-state index contributed by atoms with van der Waals surface area (Å²) in [4.78, 5) is 23.3. The molecule has 0 fully saturated rings. The Bertz CT molecular complexity index is 974. The van der Waals surface area contributed by atoms with E-state index in [0.717, 1.165) is 0 Å². The predicted octanol–water partition coefficient (Wildman–Crippen LogP) is 3.12. The summed E-state index contributed by atoms with van der Waals surface area (Å²) in [6.45, 7) is -0.0481. The van der Waals surface area contributed by atoms with Crippen molar-refractivity contribution in [2.45, 2.75) is 0 Å². The third-order valence-electron chi connectivity index (χ3n) is 3.72. The molecule has 8 nitrogen and oxygen atoms in total. The molecule has 1 aliphatic rings. The van der Waals surface area contributed by atoms with Gasteiger partial charge in [-0.3, -0.25) is 14.9 Å². The highest BCUT2D eigenvalue weighted by Crippen LogP contribution is 2.38. The van der Waals surface area contributed by atoms with Crippen LogP contribution in [0.1, 0.15) is 15.9 Å². The maximum atomic E-state index is 12.6. The van der Waals surface area contributed by atoms with Crippen molar-refractivity contribution in [1.82, 2.24) is 0 Å². The van der Waals surface area contributed by atoms with Crippen LogP contribution in [0.15, 0.2) is 42.0 Å². The minimum absolute atomic E-state index is 0.0481. The van der Waals surface area contributed by atoms with Crippen molar-refractivity contribution in [3.05, 3.63) is 63.2 Å². The Balaban J connectivity index is 2.05. The van der Waals surface area contributed by atoms with E-state index in [0.29, 0.717) is 11.5 Å². The first-order valence-corrected chi connectivity index (χ1v) is 7.42. The van der Waals surface area contributed by atoms with E-state index in [1.165, 1.54) is 37.5 Å². The first-order valence-electron chi connectivity index (χ1n) is 7.42. The maximum absolute atomic E-state index is 12.6. The number of hydrogen-bond donors (Lipinski definition) is 0. The molecule has 0 aromatic heterocycles. The van der Waals surface area contributed by atoms with Crippen LogP contribution in [-0.4, -0.2) is 24.6 Å². The van der Waals surface area contributed by atoms with Gasteiger partial charge in [0.1, 0.15) is 17.4 Å². The highest BCUT2D eigenvalue weighted by molar-refractivity contribution is 6.14. The van der Waals surface area contributed by atoms with E-state index < -0.39 is 10.7 Å². The lowest BCUT2D eigenvalue weighted by Gasteiger charge is -2.04. The minimum atomic E-state index is -0.612. The summed E-state index contributed by atoms with van der Waals surface area (Å²) in [5.41, 5.74) is -0.228. The van der Waals surface area contributed by atoms with Crippen LogP contribution in [0.3, 0.4) is 0 Å². The van der Waals surface area contributed by atoms with Crippen molar-refractivity contribution in [2.24, 2.45) is 0 Å². The first kappa shape index (κ1) is 17.0. The Morgan fingerprint density at radius 1 is 1.31 bits per heavy atom. The summed E-state index contributed by atoms with van der Waals surface area (Å²) < 4.78 is 15.4. The van der Waals surface area contributed by atoms with E-state index in [2.05, 4.69) is 0 Å². The van der Waals surface area contributed by atoms with E-state index in [1.807, 2.05) is 0 Å². The molecule has 0 amide bonds. The number of fused-ring (bicyclic) bond motifs is 1. The van der Waals surface area contributed by atoms with Crippen molar-refractivity contribution < 1.29 is 23.9 Å². The molecule has 0 saturated heterocycles. The molecule has 26 heavy (non-hydrogen) atoms. The molecule has 3 rings (SSSR count). The lowest BCUT2D eigenvalue weighted by atomic mass is 10.0.